The predicted molar refractivity (Wildman–Crippen MR) is 145 cm³/mol. The number of aryl methyl sites for hydroxylation is 1. The highest BCUT2D eigenvalue weighted by atomic mass is 32.2. The zero-order valence-electron chi connectivity index (χ0n) is 21.3. The van der Waals surface area contributed by atoms with Gasteiger partial charge >= 0.3 is 12.1 Å². The molecular formula is C22H26N6O7S4. The lowest BCUT2D eigenvalue weighted by Gasteiger charge is -2.49. The van der Waals surface area contributed by atoms with Gasteiger partial charge in [0, 0.05) is 16.9 Å². The van der Waals surface area contributed by atoms with Crippen LogP contribution in [0.1, 0.15) is 44.0 Å². The Hall–Kier alpha value is -2.73. The first-order valence-electron chi connectivity index (χ1n) is 11.7. The fourth-order valence-corrected chi connectivity index (χ4v) is 7.59. The lowest BCUT2D eigenvalue weighted by molar-refractivity contribution is -0.151. The Labute approximate surface area is 239 Å². The van der Waals surface area contributed by atoms with E-state index in [4.69, 9.17) is 4.74 Å². The van der Waals surface area contributed by atoms with Gasteiger partial charge in [-0.25, -0.2) is 9.59 Å². The van der Waals surface area contributed by atoms with E-state index in [1.807, 2.05) is 13.8 Å². The van der Waals surface area contributed by atoms with Crippen LogP contribution in [0.5, 0.6) is 0 Å². The summed E-state index contributed by atoms with van der Waals surface area (Å²) in [6.07, 6.45) is -1.88. The van der Waals surface area contributed by atoms with Crippen LogP contribution < -0.4 is 10.1 Å². The molecule has 1 saturated heterocycles. The maximum Gasteiger partial charge on any atom is 0.436 e. The molecule has 0 saturated carbocycles. The molecule has 2 aliphatic heterocycles. The zero-order valence-corrected chi connectivity index (χ0v) is 24.6. The summed E-state index contributed by atoms with van der Waals surface area (Å²) in [5.74, 6) is -1.97. The van der Waals surface area contributed by atoms with Gasteiger partial charge in [-0.2, -0.15) is 0 Å². The van der Waals surface area contributed by atoms with E-state index < -0.39 is 47.0 Å². The summed E-state index contributed by atoms with van der Waals surface area (Å²) in [5.41, 5.74) is -0.131. The zero-order chi connectivity index (χ0) is 28.5. The molecule has 13 nitrogen and oxygen atoms in total. The average molecular weight is 615 g/mol. The fraction of sp³-hybridized carbons (Fsp3) is 0.500. The van der Waals surface area contributed by atoms with Crippen molar-refractivity contribution in [3.8, 4) is 0 Å². The Balaban J connectivity index is 1.40. The smallest absolute Gasteiger partial charge is 0.436 e. The van der Waals surface area contributed by atoms with Gasteiger partial charge in [0.15, 0.2) is 15.2 Å². The Kier molecular flexibility index (Phi) is 8.85. The number of thiazole rings is 1. The van der Waals surface area contributed by atoms with Crippen LogP contribution >= 0.6 is 46.2 Å². The van der Waals surface area contributed by atoms with Gasteiger partial charge in [0.2, 0.25) is 0 Å². The van der Waals surface area contributed by atoms with Crippen molar-refractivity contribution in [1.82, 2.24) is 25.4 Å². The molecule has 210 valence electrons. The van der Waals surface area contributed by atoms with Crippen molar-refractivity contribution in [1.29, 1.82) is 0 Å². The molecule has 0 spiro atoms. The van der Waals surface area contributed by atoms with Crippen molar-refractivity contribution < 1.29 is 34.1 Å². The Morgan fingerprint density at radius 2 is 2.13 bits per heavy atom. The molecule has 4 heterocycles. The average Bonchev–Trinajstić information content (AvgIpc) is 3.52. The van der Waals surface area contributed by atoms with Crippen LogP contribution in [0.15, 0.2) is 26.0 Å². The number of carboxylic acids is 1. The lowest BCUT2D eigenvalue weighted by atomic mass is 10.0. The van der Waals surface area contributed by atoms with E-state index in [1.165, 1.54) is 45.1 Å². The second-order valence-electron chi connectivity index (χ2n) is 9.15. The molecule has 4 rings (SSSR count). The summed E-state index contributed by atoms with van der Waals surface area (Å²) in [5, 5.41) is 32.4. The first kappa shape index (κ1) is 29.3. The SMILES string of the molecule is CCC(C)(C)OC(=O)N=c1[nH]c(C(O)C(=O)NC2C(=O)N3C(C(=O)O)=C(CSc4nnc(C)s4)CS[C@@H]23)cs1. The number of β-lactam (4-membered cyclic amide) rings is 1. The number of aliphatic hydroxyl groups excluding tert-OH is 1. The van der Waals surface area contributed by atoms with Crippen LogP contribution in [0.2, 0.25) is 0 Å². The normalized spacial score (nSPS) is 20.4. The van der Waals surface area contributed by atoms with Crippen LogP contribution in [0, 0.1) is 6.92 Å². The van der Waals surface area contributed by atoms with Gasteiger partial charge in [0.1, 0.15) is 27.7 Å². The van der Waals surface area contributed by atoms with E-state index in [9.17, 15) is 29.4 Å². The van der Waals surface area contributed by atoms with Crippen LogP contribution in [0.4, 0.5) is 4.79 Å². The number of aliphatic carboxylic acids is 1. The second-order valence-corrected chi connectivity index (χ2v) is 13.5. The van der Waals surface area contributed by atoms with Crippen molar-refractivity contribution in [3.63, 3.8) is 0 Å². The molecule has 0 radical (unpaired) electrons. The van der Waals surface area contributed by atoms with Gasteiger partial charge in [-0.3, -0.25) is 14.5 Å². The minimum atomic E-state index is -1.67. The molecule has 2 unspecified atom stereocenters. The number of ether oxygens (including phenoxy) is 1. The number of thioether (sulfide) groups is 2. The molecule has 4 N–H and O–H groups in total. The van der Waals surface area contributed by atoms with Crippen molar-refractivity contribution in [2.24, 2.45) is 4.99 Å². The van der Waals surface area contributed by atoms with E-state index in [0.29, 0.717) is 27.8 Å². The number of aromatic nitrogens is 3. The topological polar surface area (TPSA) is 187 Å². The third-order valence-corrected chi connectivity index (χ3v) is 10.1. The van der Waals surface area contributed by atoms with Crippen molar-refractivity contribution in [2.75, 3.05) is 11.5 Å². The minimum absolute atomic E-state index is 0.0797. The lowest BCUT2D eigenvalue weighted by Crippen LogP contribution is -2.70. The molecule has 2 aromatic heterocycles. The molecule has 39 heavy (non-hydrogen) atoms. The van der Waals surface area contributed by atoms with E-state index in [0.717, 1.165) is 16.3 Å². The minimum Gasteiger partial charge on any atom is -0.477 e. The van der Waals surface area contributed by atoms with Crippen molar-refractivity contribution in [3.05, 3.63) is 32.2 Å². The van der Waals surface area contributed by atoms with E-state index in [1.54, 1.807) is 13.8 Å². The number of aromatic amines is 1. The molecule has 0 bridgehead atoms. The number of nitrogens with one attached hydrogen (secondary N) is 2. The number of fused-ring (bicyclic) bond motifs is 1. The number of H-pyrrole nitrogens is 1. The highest BCUT2D eigenvalue weighted by Crippen LogP contribution is 2.42. The number of carboxylic acid groups (broad SMARTS) is 1. The molecule has 2 aliphatic rings. The molecule has 2 aromatic rings. The largest absolute Gasteiger partial charge is 0.477 e. The quantitative estimate of drug-likeness (QED) is 0.239. The van der Waals surface area contributed by atoms with E-state index >= 15 is 0 Å². The van der Waals surface area contributed by atoms with Crippen LogP contribution in [0.25, 0.3) is 0 Å². The summed E-state index contributed by atoms with van der Waals surface area (Å²) >= 11 is 5.08. The predicted octanol–water partition coefficient (Wildman–Crippen LogP) is 2.03. The third kappa shape index (κ3) is 6.54. The monoisotopic (exact) mass is 614 g/mol. The number of hydrogen-bond acceptors (Lipinski definition) is 12. The van der Waals surface area contributed by atoms with Crippen molar-refractivity contribution >= 4 is 70.1 Å². The number of carbonyl (C=O) groups excluding carboxylic acids is 3. The highest BCUT2D eigenvalue weighted by molar-refractivity contribution is 8.01. The molecule has 0 aliphatic carbocycles. The highest BCUT2D eigenvalue weighted by Gasteiger charge is 2.54. The molecule has 3 amide bonds. The number of aliphatic hydroxyl groups is 1. The number of carbonyl (C=O) groups is 4. The van der Waals surface area contributed by atoms with Gasteiger partial charge in [0.05, 0.1) is 5.69 Å². The first-order chi connectivity index (χ1) is 18.4. The Morgan fingerprint density at radius 1 is 1.38 bits per heavy atom. The van der Waals surface area contributed by atoms with Crippen LogP contribution in [-0.2, 0) is 19.1 Å². The van der Waals surface area contributed by atoms with Crippen molar-refractivity contribution in [2.45, 2.75) is 61.6 Å². The summed E-state index contributed by atoms with van der Waals surface area (Å²) in [6.45, 7) is 7.20. The van der Waals surface area contributed by atoms with E-state index in [2.05, 4.69) is 25.5 Å². The summed E-state index contributed by atoms with van der Waals surface area (Å²) in [7, 11) is 0. The van der Waals surface area contributed by atoms with Gasteiger partial charge in [-0.1, -0.05) is 30.0 Å². The maximum atomic E-state index is 12.9. The van der Waals surface area contributed by atoms with Crippen LogP contribution in [-0.4, -0.2) is 82.7 Å². The van der Waals surface area contributed by atoms with Gasteiger partial charge in [-0.15, -0.1) is 38.3 Å². The number of hydrogen-bond donors (Lipinski definition) is 4. The Bertz CT molecular complexity index is 1400. The number of nitrogens with zero attached hydrogens (tertiary/aromatic N) is 4. The number of rotatable bonds is 9. The van der Waals surface area contributed by atoms with Crippen LogP contribution in [0.3, 0.4) is 0 Å². The molecule has 3 atom stereocenters. The second kappa shape index (κ2) is 11.8. The fourth-order valence-electron chi connectivity index (χ4n) is 3.56. The summed E-state index contributed by atoms with van der Waals surface area (Å²) in [6, 6.07) is -0.999. The summed E-state index contributed by atoms with van der Waals surface area (Å²) < 4.78 is 5.96. The summed E-state index contributed by atoms with van der Waals surface area (Å²) in [4.78, 5) is 57.5. The standard InChI is InChI=1S/C22H26N6O7S4/c1-5-22(3,4)35-20(34)25-19-23-11(8-37-19)14(29)15(30)24-12-16(31)28-13(18(32)33)10(6-36-17(12)28)7-38-21-27-26-9(2)39-21/h8,12,14,17,29H,5-7H2,1-4H3,(H,24,30)(H,32,33)(H,23,25,34)/t12?,14?,17-/m0/s1. The molecule has 17 heteroatoms. The molecular weight excluding hydrogens is 589 g/mol. The molecule has 1 fully saturated rings. The number of amides is 3. The van der Waals surface area contributed by atoms with Gasteiger partial charge in [0.25, 0.3) is 11.8 Å². The molecule has 0 aromatic carbocycles. The van der Waals surface area contributed by atoms with Gasteiger partial charge < -0.3 is 25.3 Å². The first-order valence-corrected chi connectivity index (χ1v) is 15.4. The van der Waals surface area contributed by atoms with E-state index in [-0.39, 0.29) is 16.2 Å². The Morgan fingerprint density at radius 3 is 2.77 bits per heavy atom. The third-order valence-electron chi connectivity index (χ3n) is 5.92. The maximum absolute atomic E-state index is 12.9. The van der Waals surface area contributed by atoms with Gasteiger partial charge in [-0.05, 0) is 32.8 Å².